The van der Waals surface area contributed by atoms with E-state index in [0.717, 1.165) is 12.1 Å². The van der Waals surface area contributed by atoms with Crippen molar-refractivity contribution in [2.75, 3.05) is 0 Å². The second kappa shape index (κ2) is 5.86. The molecule has 0 radical (unpaired) electrons. The van der Waals surface area contributed by atoms with Crippen molar-refractivity contribution >= 4 is 42.8 Å². The van der Waals surface area contributed by atoms with Gasteiger partial charge in [-0.2, -0.15) is 8.42 Å². The van der Waals surface area contributed by atoms with E-state index in [-0.39, 0.29) is 16.6 Å². The second-order valence-corrected chi connectivity index (χ2v) is 7.57. The van der Waals surface area contributed by atoms with Gasteiger partial charge in [0.2, 0.25) is 9.05 Å². The Hall–Kier alpha value is -0.875. The molecule has 12 heteroatoms. The molecule has 1 rings (SSSR count). The molecule has 2 N–H and O–H groups in total. The monoisotopic (exact) mass is 346 g/mol. The fourth-order valence-electron chi connectivity index (χ4n) is 1.51. The molecule has 20 heavy (non-hydrogen) atoms. The minimum atomic E-state index is -5.35. The van der Waals surface area contributed by atoms with Crippen LogP contribution in [0.2, 0.25) is 0 Å². The van der Waals surface area contributed by atoms with Gasteiger partial charge in [-0.25, -0.2) is 8.42 Å². The van der Waals surface area contributed by atoms with Crippen LogP contribution in [0.3, 0.4) is 0 Å². The molecule has 0 aliphatic heterocycles. The normalized spacial score (nSPS) is 12.2. The first-order valence-corrected chi connectivity index (χ1v) is 8.74. The van der Waals surface area contributed by atoms with E-state index in [1.807, 2.05) is 0 Å². The number of halogens is 2. The highest BCUT2D eigenvalue weighted by molar-refractivity contribution is 8.13. The fourth-order valence-corrected chi connectivity index (χ4v) is 2.84. The maximum absolute atomic E-state index is 12.5. The van der Waals surface area contributed by atoms with Gasteiger partial charge in [0.15, 0.2) is 0 Å². The van der Waals surface area contributed by atoms with Gasteiger partial charge < -0.3 is 14.2 Å². The summed E-state index contributed by atoms with van der Waals surface area (Å²) >= 11 is 0. The zero-order chi connectivity index (χ0) is 15.7. The van der Waals surface area contributed by atoms with Crippen molar-refractivity contribution in [1.82, 2.24) is 0 Å². The molecule has 1 aromatic rings. The topological polar surface area (TPSA) is 118 Å². The Bertz CT molecular complexity index is 717. The zero-order valence-corrected chi connectivity index (χ0v) is 12.3. The van der Waals surface area contributed by atoms with Crippen LogP contribution in [0.5, 0.6) is 5.75 Å². The van der Waals surface area contributed by atoms with Crippen LogP contribution < -0.4 is 9.65 Å². The highest BCUT2D eigenvalue weighted by Crippen LogP contribution is 2.22. The molecule has 7 nitrogen and oxygen atoms in total. The highest BCUT2D eigenvalue weighted by Gasteiger charge is 2.22. The van der Waals surface area contributed by atoms with E-state index in [4.69, 9.17) is 20.7 Å². The van der Waals surface area contributed by atoms with E-state index in [0.29, 0.717) is 0 Å². The van der Waals surface area contributed by atoms with E-state index in [9.17, 15) is 20.7 Å². The molecule has 112 valence electrons. The lowest BCUT2D eigenvalue weighted by atomic mass is 9.76. The van der Waals surface area contributed by atoms with Crippen LogP contribution in [0.25, 0.3) is 0 Å². The molecular weight excluding hydrogens is 337 g/mol. The summed E-state index contributed by atoms with van der Waals surface area (Å²) in [6.45, 7) is 1.24. The van der Waals surface area contributed by atoms with E-state index in [1.165, 1.54) is 6.92 Å². The number of benzene rings is 1. The van der Waals surface area contributed by atoms with Gasteiger partial charge in [0.25, 0.3) is 0 Å². The third-order valence-corrected chi connectivity index (χ3v) is 3.65. The molecule has 0 atom stereocenters. The molecular formula is C8H9BClFO7S2. The van der Waals surface area contributed by atoms with Crippen LogP contribution in [0.1, 0.15) is 11.1 Å². The molecule has 0 spiro atoms. The molecule has 0 amide bonds. The Labute approximate surface area is 119 Å². The van der Waals surface area contributed by atoms with Crippen molar-refractivity contribution in [2.24, 2.45) is 0 Å². The van der Waals surface area contributed by atoms with Crippen LogP contribution in [-0.4, -0.2) is 34.0 Å². The van der Waals surface area contributed by atoms with Crippen LogP contribution in [0.15, 0.2) is 12.1 Å². The Morgan fingerprint density at radius 2 is 1.85 bits per heavy atom. The molecule has 0 aliphatic carbocycles. The van der Waals surface area contributed by atoms with Crippen LogP contribution in [0.4, 0.5) is 3.89 Å². The molecule has 0 heterocycles. The van der Waals surface area contributed by atoms with Gasteiger partial charge in [0.05, 0.1) is 5.75 Å². The van der Waals surface area contributed by atoms with Crippen LogP contribution in [0, 0.1) is 6.92 Å². The molecule has 1 aromatic carbocycles. The molecule has 0 saturated carbocycles. The van der Waals surface area contributed by atoms with Gasteiger partial charge in [-0.1, -0.05) is 9.95 Å². The Kier molecular flexibility index (Phi) is 5.03. The maximum atomic E-state index is 12.5. The minimum absolute atomic E-state index is 0.0723. The van der Waals surface area contributed by atoms with E-state index in [2.05, 4.69) is 4.18 Å². The van der Waals surface area contributed by atoms with Gasteiger partial charge in [0.1, 0.15) is 5.75 Å². The summed E-state index contributed by atoms with van der Waals surface area (Å²) in [5.74, 6) is -1.29. The van der Waals surface area contributed by atoms with Crippen molar-refractivity contribution in [3.8, 4) is 5.75 Å². The fraction of sp³-hybridized carbons (Fsp3) is 0.250. The van der Waals surface area contributed by atoms with E-state index in [1.54, 1.807) is 0 Å². The van der Waals surface area contributed by atoms with Crippen molar-refractivity contribution in [3.63, 3.8) is 0 Å². The lowest BCUT2D eigenvalue weighted by molar-refractivity contribution is 0.423. The highest BCUT2D eigenvalue weighted by atomic mass is 35.7. The summed E-state index contributed by atoms with van der Waals surface area (Å²) in [4.78, 5) is 0. The van der Waals surface area contributed by atoms with Crippen LogP contribution in [-0.2, 0) is 25.3 Å². The van der Waals surface area contributed by atoms with Gasteiger partial charge in [-0.05, 0) is 29.6 Å². The average Bonchev–Trinajstić information content (AvgIpc) is 2.17. The molecule has 0 unspecified atom stereocenters. The lowest BCUT2D eigenvalue weighted by Gasteiger charge is -2.12. The Morgan fingerprint density at radius 3 is 2.25 bits per heavy atom. The molecule has 0 fully saturated rings. The summed E-state index contributed by atoms with van der Waals surface area (Å²) < 4.78 is 59.4. The molecule has 0 bridgehead atoms. The third-order valence-electron chi connectivity index (χ3n) is 2.27. The maximum Gasteiger partial charge on any atom is 0.488 e. The molecule has 0 aliphatic rings. The third kappa shape index (κ3) is 5.25. The summed E-state index contributed by atoms with van der Waals surface area (Å²) in [7, 11) is -6.32. The first kappa shape index (κ1) is 17.2. The van der Waals surface area contributed by atoms with Crippen molar-refractivity contribution in [1.29, 1.82) is 0 Å². The summed E-state index contributed by atoms with van der Waals surface area (Å²) in [5, 5.41) is 18.2. The first-order valence-electron chi connectivity index (χ1n) is 4.95. The second-order valence-electron chi connectivity index (χ2n) is 3.84. The number of hydrogen-bond acceptors (Lipinski definition) is 7. The molecule has 0 saturated heterocycles. The summed E-state index contributed by atoms with van der Waals surface area (Å²) in [5.41, 5.74) is -0.397. The van der Waals surface area contributed by atoms with Crippen molar-refractivity contribution in [2.45, 2.75) is 12.7 Å². The SMILES string of the molecule is Cc1c(OS(=O)(=O)F)cc(CS(=O)(=O)Cl)cc1B(O)O. The predicted molar refractivity (Wildman–Crippen MR) is 70.1 cm³/mol. The van der Waals surface area contributed by atoms with E-state index < -0.39 is 38.2 Å². The van der Waals surface area contributed by atoms with Gasteiger partial charge in [-0.3, -0.25) is 0 Å². The molecule has 0 aromatic heterocycles. The summed E-state index contributed by atoms with van der Waals surface area (Å²) in [6, 6.07) is 2.01. The zero-order valence-electron chi connectivity index (χ0n) is 9.95. The van der Waals surface area contributed by atoms with Gasteiger partial charge in [0, 0.05) is 10.7 Å². The largest absolute Gasteiger partial charge is 0.488 e. The van der Waals surface area contributed by atoms with Gasteiger partial charge in [-0.15, -0.1) is 0 Å². The van der Waals surface area contributed by atoms with Crippen molar-refractivity contribution in [3.05, 3.63) is 23.3 Å². The first-order chi connectivity index (χ1) is 8.89. The Morgan fingerprint density at radius 1 is 1.30 bits per heavy atom. The summed E-state index contributed by atoms with van der Waals surface area (Å²) in [6.07, 6.45) is 0. The standard InChI is InChI=1S/C8H9BClFO7S2/c1-5-7(9(12)13)2-6(4-19(10,14)15)3-8(5)18-20(11,16)17/h2-3,12-13H,4H2,1H3. The number of hydrogen-bond donors (Lipinski definition) is 2. The Balaban J connectivity index is 3.42. The lowest BCUT2D eigenvalue weighted by Crippen LogP contribution is -2.33. The number of rotatable bonds is 5. The smallest absolute Gasteiger partial charge is 0.423 e. The quantitative estimate of drug-likeness (QED) is 0.536. The van der Waals surface area contributed by atoms with E-state index >= 15 is 0 Å². The van der Waals surface area contributed by atoms with Crippen molar-refractivity contribution < 1.29 is 35.0 Å². The minimum Gasteiger partial charge on any atom is -0.423 e. The predicted octanol–water partition coefficient (Wildman–Crippen LogP) is -0.663. The van der Waals surface area contributed by atoms with Crippen LogP contribution >= 0.6 is 10.7 Å². The van der Waals surface area contributed by atoms with Gasteiger partial charge >= 0.3 is 17.6 Å². The average molecular weight is 347 g/mol.